The van der Waals surface area contributed by atoms with E-state index in [0.29, 0.717) is 11.6 Å². The lowest BCUT2D eigenvalue weighted by Gasteiger charge is -2.37. The maximum atomic E-state index is 12.2. The van der Waals surface area contributed by atoms with Gasteiger partial charge >= 0.3 is 0 Å². The van der Waals surface area contributed by atoms with Crippen molar-refractivity contribution >= 4 is 5.91 Å². The molecule has 0 atom stereocenters. The van der Waals surface area contributed by atoms with Gasteiger partial charge in [-0.25, -0.2) is 0 Å². The number of carbonyl (C=O) groups excluding carboxylic acids is 1. The molecule has 0 aromatic carbocycles. The van der Waals surface area contributed by atoms with E-state index >= 15 is 0 Å². The second kappa shape index (κ2) is 13.0. The first-order valence-electron chi connectivity index (χ1n) is 14.1. The average molecular weight is 442 g/mol. The Morgan fingerprint density at radius 3 is 1.81 bits per heavy atom. The second-order valence-electron chi connectivity index (χ2n) is 11.6. The van der Waals surface area contributed by atoms with E-state index in [1.54, 1.807) is 0 Å². The lowest BCUT2D eigenvalue weighted by Crippen LogP contribution is -2.39. The molecule has 182 valence electrons. The van der Waals surface area contributed by atoms with Gasteiger partial charge in [-0.15, -0.1) is 0 Å². The monoisotopic (exact) mass is 441 g/mol. The van der Waals surface area contributed by atoms with Gasteiger partial charge in [-0.05, 0) is 101 Å². The van der Waals surface area contributed by atoms with Crippen LogP contribution in [0.15, 0.2) is 24.3 Å². The molecule has 0 heterocycles. The minimum Gasteiger partial charge on any atom is -0.339 e. The van der Waals surface area contributed by atoms with Gasteiger partial charge in [0.2, 0.25) is 5.91 Å². The van der Waals surface area contributed by atoms with Crippen LogP contribution in [0.3, 0.4) is 0 Å². The summed E-state index contributed by atoms with van der Waals surface area (Å²) in [4.78, 5) is 14.1. The number of allylic oxidation sites excluding steroid dienone is 2. The van der Waals surface area contributed by atoms with Gasteiger partial charge in [-0.2, -0.15) is 0 Å². The summed E-state index contributed by atoms with van der Waals surface area (Å²) >= 11 is 0. The Morgan fingerprint density at radius 2 is 1.31 bits per heavy atom. The van der Waals surface area contributed by atoms with Crippen LogP contribution in [-0.4, -0.2) is 23.9 Å². The fourth-order valence-corrected chi connectivity index (χ4v) is 6.90. The Morgan fingerprint density at radius 1 is 0.812 bits per heavy atom. The Hall–Kier alpha value is -1.05. The second-order valence-corrected chi connectivity index (χ2v) is 11.6. The number of hydrogen-bond donors (Lipinski definition) is 0. The molecular formula is C30H51NO. The van der Waals surface area contributed by atoms with Crippen molar-refractivity contribution in [3.05, 3.63) is 24.3 Å². The van der Waals surface area contributed by atoms with Gasteiger partial charge in [-0.3, -0.25) is 4.79 Å². The smallest absolute Gasteiger partial charge is 0.248 e. The molecule has 0 bridgehead atoms. The van der Waals surface area contributed by atoms with Crippen LogP contribution in [0.25, 0.3) is 0 Å². The predicted octanol–water partition coefficient (Wildman–Crippen LogP) is 8.33. The van der Waals surface area contributed by atoms with Crippen LogP contribution in [0.4, 0.5) is 0 Å². The van der Waals surface area contributed by atoms with E-state index in [9.17, 15) is 4.79 Å². The van der Waals surface area contributed by atoms with Crippen molar-refractivity contribution in [3.63, 3.8) is 0 Å². The number of amides is 1. The maximum Gasteiger partial charge on any atom is 0.248 e. The first kappa shape index (κ1) is 25.6. The van der Waals surface area contributed by atoms with E-state index in [2.05, 4.69) is 25.7 Å². The number of carbonyl (C=O) groups is 1. The quantitative estimate of drug-likeness (QED) is 0.200. The summed E-state index contributed by atoms with van der Waals surface area (Å²) in [7, 11) is 1.95. The topological polar surface area (TPSA) is 20.3 Å². The van der Waals surface area contributed by atoms with E-state index in [-0.39, 0.29) is 5.91 Å². The Labute approximate surface area is 199 Å². The van der Waals surface area contributed by atoms with Crippen LogP contribution < -0.4 is 0 Å². The number of nitrogens with zero attached hydrogens (tertiary/aromatic N) is 1. The minimum atomic E-state index is 0.116. The highest BCUT2D eigenvalue weighted by atomic mass is 16.2. The summed E-state index contributed by atoms with van der Waals surface area (Å²) in [5, 5.41) is 0. The van der Waals surface area contributed by atoms with Crippen LogP contribution in [0.5, 0.6) is 0 Å². The highest BCUT2D eigenvalue weighted by molar-refractivity contribution is 5.92. The van der Waals surface area contributed by atoms with Gasteiger partial charge in [0.05, 0.1) is 0 Å². The molecule has 3 rings (SSSR count). The van der Waals surface area contributed by atoms with Gasteiger partial charge < -0.3 is 4.90 Å². The Kier molecular flexibility index (Phi) is 10.4. The summed E-state index contributed by atoms with van der Waals surface area (Å²) in [6.45, 7) is 7.96. The summed E-state index contributed by atoms with van der Waals surface area (Å²) < 4.78 is 0. The zero-order valence-corrected chi connectivity index (χ0v) is 21.5. The zero-order chi connectivity index (χ0) is 22.9. The fraction of sp³-hybridized carbons (Fsp3) is 0.833. The van der Waals surface area contributed by atoms with Crippen molar-refractivity contribution in [2.24, 2.45) is 29.6 Å². The van der Waals surface area contributed by atoms with E-state index in [1.807, 2.05) is 18.9 Å². The molecule has 0 aromatic rings. The number of unbranched alkanes of at least 4 members (excludes halogenated alkanes) is 2. The number of likely N-dealkylation sites (N-methyl/N-ethyl adjacent to an activating group) is 1. The zero-order valence-electron chi connectivity index (χ0n) is 21.5. The third-order valence-corrected chi connectivity index (χ3v) is 9.22. The number of rotatable bonds is 9. The standard InChI is InChI=1S/C30H51NO/c1-5-6-7-8-24-11-17-27(18-12-24)28-19-13-25(14-20-28)9-10-26-15-21-29(22-16-26)31(4)30(32)23(2)3/h9-10,24-29H,2,5-8,11-22H2,1,3-4H3/b10-9+. The van der Waals surface area contributed by atoms with Crippen molar-refractivity contribution < 1.29 is 4.79 Å². The number of hydrogen-bond acceptors (Lipinski definition) is 1. The Balaban J connectivity index is 1.32. The SMILES string of the molecule is C=C(C)C(=O)N(C)C1CCC(/C=C/C2CCC(C3CCC(CCCCC)CC3)CC2)CC1. The fourth-order valence-electron chi connectivity index (χ4n) is 6.90. The molecule has 2 heteroatoms. The molecule has 0 aromatic heterocycles. The van der Waals surface area contributed by atoms with Crippen LogP contribution in [-0.2, 0) is 4.79 Å². The lowest BCUT2D eigenvalue weighted by molar-refractivity contribution is -0.128. The summed E-state index contributed by atoms with van der Waals surface area (Å²) in [5.41, 5.74) is 0.658. The molecule has 3 fully saturated rings. The molecule has 2 nitrogen and oxygen atoms in total. The van der Waals surface area contributed by atoms with E-state index in [1.165, 1.54) is 89.9 Å². The van der Waals surface area contributed by atoms with Gasteiger partial charge in [0.1, 0.15) is 0 Å². The largest absolute Gasteiger partial charge is 0.339 e. The van der Waals surface area contributed by atoms with E-state index in [4.69, 9.17) is 0 Å². The first-order chi connectivity index (χ1) is 15.5. The van der Waals surface area contributed by atoms with Gasteiger partial charge in [-0.1, -0.05) is 64.2 Å². The first-order valence-corrected chi connectivity index (χ1v) is 14.1. The van der Waals surface area contributed by atoms with Crippen molar-refractivity contribution in [3.8, 4) is 0 Å². The average Bonchev–Trinajstić information content (AvgIpc) is 2.83. The highest BCUT2D eigenvalue weighted by Gasteiger charge is 2.30. The van der Waals surface area contributed by atoms with Gasteiger partial charge in [0.25, 0.3) is 0 Å². The molecular weight excluding hydrogens is 390 g/mol. The minimum absolute atomic E-state index is 0.116. The molecule has 0 saturated heterocycles. The third kappa shape index (κ3) is 7.49. The van der Waals surface area contributed by atoms with E-state index in [0.717, 1.165) is 42.4 Å². The maximum absolute atomic E-state index is 12.2. The summed E-state index contributed by atoms with van der Waals surface area (Å²) in [5.74, 6) is 4.77. The summed E-state index contributed by atoms with van der Waals surface area (Å²) in [6, 6.07) is 0.404. The molecule has 32 heavy (non-hydrogen) atoms. The van der Waals surface area contributed by atoms with Crippen molar-refractivity contribution in [1.82, 2.24) is 4.90 Å². The van der Waals surface area contributed by atoms with Crippen LogP contribution in [0.1, 0.15) is 117 Å². The molecule has 3 aliphatic carbocycles. The van der Waals surface area contributed by atoms with Crippen LogP contribution >= 0.6 is 0 Å². The summed E-state index contributed by atoms with van der Waals surface area (Å²) in [6.07, 6.45) is 27.5. The van der Waals surface area contributed by atoms with Crippen molar-refractivity contribution in [2.45, 2.75) is 123 Å². The molecule has 0 radical (unpaired) electrons. The predicted molar refractivity (Wildman–Crippen MR) is 138 cm³/mol. The van der Waals surface area contributed by atoms with Crippen molar-refractivity contribution in [2.75, 3.05) is 7.05 Å². The molecule has 0 unspecified atom stereocenters. The van der Waals surface area contributed by atoms with Crippen LogP contribution in [0.2, 0.25) is 0 Å². The molecule has 1 amide bonds. The normalized spacial score (nSPS) is 33.8. The lowest BCUT2D eigenvalue weighted by atomic mass is 9.68. The molecule has 0 N–H and O–H groups in total. The Bertz CT molecular complexity index is 598. The molecule has 0 spiro atoms. The van der Waals surface area contributed by atoms with Crippen LogP contribution in [0, 0.1) is 29.6 Å². The van der Waals surface area contributed by atoms with Gasteiger partial charge in [0.15, 0.2) is 0 Å². The van der Waals surface area contributed by atoms with Crippen molar-refractivity contribution in [1.29, 1.82) is 0 Å². The third-order valence-electron chi connectivity index (χ3n) is 9.22. The highest BCUT2D eigenvalue weighted by Crippen LogP contribution is 2.42. The molecule has 3 aliphatic rings. The van der Waals surface area contributed by atoms with Gasteiger partial charge in [0, 0.05) is 18.7 Å². The van der Waals surface area contributed by atoms with E-state index < -0.39 is 0 Å². The molecule has 0 aliphatic heterocycles. The molecule has 3 saturated carbocycles.